The summed E-state index contributed by atoms with van der Waals surface area (Å²) in [5, 5.41) is 13.7. The lowest BCUT2D eigenvalue weighted by molar-refractivity contribution is -0.151. The Bertz CT molecular complexity index is 967. The number of hydrogen-bond acceptors (Lipinski definition) is 12. The number of aliphatic hydroxyl groups excluding tert-OH is 1. The number of nitrogens with zero attached hydrogens (tertiary/aromatic N) is 4. The first kappa shape index (κ1) is 26.2. The van der Waals surface area contributed by atoms with Crippen molar-refractivity contribution in [1.29, 1.82) is 0 Å². The molecule has 2 aromatic heterocycles. The number of hydroxylamine groups is 2. The van der Waals surface area contributed by atoms with Gasteiger partial charge in [-0.25, -0.2) is 14.8 Å². The minimum atomic E-state index is -0.706. The third-order valence-electron chi connectivity index (χ3n) is 5.06. The Kier molecular flexibility index (Phi) is 9.67. The molecule has 2 N–H and O–H groups in total. The fourth-order valence-corrected chi connectivity index (χ4v) is 3.35. The number of nitrogens with one attached hydrogen (secondary N) is 1. The Labute approximate surface area is 204 Å². The number of anilines is 2. The van der Waals surface area contributed by atoms with Crippen LogP contribution < -0.4 is 19.5 Å². The van der Waals surface area contributed by atoms with Gasteiger partial charge >= 0.3 is 6.16 Å². The SMILES string of the molecule is COc1c(Nc2ccc(OCCCO)nc2C)ncnc1OC1CCN(OC(=O)OC(C)C)CC1. The molecular formula is C23H33N5O7. The zero-order valence-electron chi connectivity index (χ0n) is 20.5. The quantitative estimate of drug-likeness (QED) is 0.353. The summed E-state index contributed by atoms with van der Waals surface area (Å²) in [6, 6.07) is 3.57. The number of aryl methyl sites for hydroxylation is 1. The van der Waals surface area contributed by atoms with E-state index in [1.165, 1.54) is 13.4 Å². The number of carbonyl (C=O) groups excluding carboxylic acids is 1. The van der Waals surface area contributed by atoms with Crippen LogP contribution in [0.3, 0.4) is 0 Å². The maximum atomic E-state index is 11.7. The van der Waals surface area contributed by atoms with Crippen molar-refractivity contribution in [1.82, 2.24) is 20.0 Å². The van der Waals surface area contributed by atoms with Crippen LogP contribution in [-0.2, 0) is 9.57 Å². The van der Waals surface area contributed by atoms with Gasteiger partial charge in [0.25, 0.3) is 5.88 Å². The van der Waals surface area contributed by atoms with E-state index in [9.17, 15) is 4.79 Å². The number of aliphatic hydroxyl groups is 1. The highest BCUT2D eigenvalue weighted by molar-refractivity contribution is 5.66. The van der Waals surface area contributed by atoms with Gasteiger partial charge in [0.1, 0.15) is 12.4 Å². The molecule has 3 rings (SSSR count). The third kappa shape index (κ3) is 7.82. The van der Waals surface area contributed by atoms with Crippen LogP contribution in [0.2, 0.25) is 0 Å². The average Bonchev–Trinajstić information content (AvgIpc) is 2.82. The van der Waals surface area contributed by atoms with Gasteiger partial charge < -0.3 is 34.2 Å². The Morgan fingerprint density at radius 3 is 2.69 bits per heavy atom. The fourth-order valence-electron chi connectivity index (χ4n) is 3.35. The van der Waals surface area contributed by atoms with Gasteiger partial charge in [-0.3, -0.25) is 0 Å². The molecular weight excluding hydrogens is 458 g/mol. The zero-order valence-corrected chi connectivity index (χ0v) is 20.5. The summed E-state index contributed by atoms with van der Waals surface area (Å²) >= 11 is 0. The summed E-state index contributed by atoms with van der Waals surface area (Å²) in [6.07, 6.45) is 2.12. The van der Waals surface area contributed by atoms with Crippen molar-refractivity contribution in [2.75, 3.05) is 38.7 Å². The monoisotopic (exact) mass is 491 g/mol. The zero-order chi connectivity index (χ0) is 25.2. The van der Waals surface area contributed by atoms with Gasteiger partial charge in [0.2, 0.25) is 11.6 Å². The first-order chi connectivity index (χ1) is 16.9. The van der Waals surface area contributed by atoms with Gasteiger partial charge in [0.05, 0.1) is 31.2 Å². The van der Waals surface area contributed by atoms with Crippen molar-refractivity contribution < 1.29 is 33.7 Å². The van der Waals surface area contributed by atoms with Gasteiger partial charge in [-0.1, -0.05) is 0 Å². The molecule has 0 spiro atoms. The van der Waals surface area contributed by atoms with Crippen LogP contribution in [0.5, 0.6) is 17.5 Å². The summed E-state index contributed by atoms with van der Waals surface area (Å²) < 4.78 is 22.2. The summed E-state index contributed by atoms with van der Waals surface area (Å²) in [4.78, 5) is 29.9. The van der Waals surface area contributed by atoms with E-state index in [1.54, 1.807) is 25.0 Å². The summed E-state index contributed by atoms with van der Waals surface area (Å²) in [7, 11) is 1.52. The first-order valence-electron chi connectivity index (χ1n) is 11.6. The Morgan fingerprint density at radius 1 is 1.26 bits per heavy atom. The number of aromatic nitrogens is 3. The van der Waals surface area contributed by atoms with Crippen molar-refractivity contribution in [2.24, 2.45) is 0 Å². The molecule has 0 aromatic carbocycles. The van der Waals surface area contributed by atoms with Crippen molar-refractivity contribution in [2.45, 2.75) is 52.2 Å². The molecule has 0 saturated carbocycles. The largest absolute Gasteiger partial charge is 0.528 e. The van der Waals surface area contributed by atoms with Crippen LogP contribution in [0.4, 0.5) is 16.3 Å². The minimum absolute atomic E-state index is 0.0658. The summed E-state index contributed by atoms with van der Waals surface area (Å²) in [5.74, 6) is 1.61. The molecule has 0 amide bonds. The second kappa shape index (κ2) is 12.9. The predicted molar refractivity (Wildman–Crippen MR) is 126 cm³/mol. The summed E-state index contributed by atoms with van der Waals surface area (Å²) in [6.45, 7) is 6.85. The van der Waals surface area contributed by atoms with Crippen molar-refractivity contribution in [3.63, 3.8) is 0 Å². The number of hydrogen-bond donors (Lipinski definition) is 2. The molecule has 192 valence electrons. The number of pyridine rings is 1. The number of carbonyl (C=O) groups is 1. The Balaban J connectivity index is 1.60. The Morgan fingerprint density at radius 2 is 2.03 bits per heavy atom. The lowest BCUT2D eigenvalue weighted by atomic mass is 10.1. The molecule has 1 aliphatic heterocycles. The molecule has 12 nitrogen and oxygen atoms in total. The highest BCUT2D eigenvalue weighted by Crippen LogP contribution is 2.35. The maximum Gasteiger partial charge on any atom is 0.528 e. The van der Waals surface area contributed by atoms with Crippen LogP contribution in [0, 0.1) is 6.92 Å². The predicted octanol–water partition coefficient (Wildman–Crippen LogP) is 3.01. The van der Waals surface area contributed by atoms with E-state index in [0.717, 1.165) is 5.69 Å². The van der Waals surface area contributed by atoms with E-state index in [1.807, 2.05) is 13.0 Å². The van der Waals surface area contributed by atoms with E-state index in [2.05, 4.69) is 20.3 Å². The van der Waals surface area contributed by atoms with Crippen LogP contribution in [-0.4, -0.2) is 76.9 Å². The molecule has 0 aliphatic carbocycles. The molecule has 35 heavy (non-hydrogen) atoms. The number of ether oxygens (including phenoxy) is 4. The minimum Gasteiger partial charge on any atom is -0.489 e. The molecule has 0 unspecified atom stereocenters. The lowest BCUT2D eigenvalue weighted by Crippen LogP contribution is -2.40. The molecule has 12 heteroatoms. The fraction of sp³-hybridized carbons (Fsp3) is 0.565. The first-order valence-corrected chi connectivity index (χ1v) is 11.6. The van der Waals surface area contributed by atoms with Gasteiger partial charge in [-0.05, 0) is 26.8 Å². The number of methoxy groups -OCH3 is 1. The number of rotatable bonds is 11. The molecule has 1 aliphatic rings. The van der Waals surface area contributed by atoms with E-state index in [0.29, 0.717) is 68.0 Å². The molecule has 1 saturated heterocycles. The van der Waals surface area contributed by atoms with Crippen LogP contribution in [0.25, 0.3) is 0 Å². The standard InChI is InChI=1S/C23H33N5O7/c1-15(2)33-23(30)35-28-10-8-17(9-11-28)34-22-20(31-4)21(24-14-25-22)27-18-6-7-19(26-16(18)3)32-13-5-12-29/h6-7,14-15,17,29H,5,8-13H2,1-4H3,(H,24,25,27). The molecule has 3 heterocycles. The second-order valence-electron chi connectivity index (χ2n) is 8.15. The highest BCUT2D eigenvalue weighted by Gasteiger charge is 2.26. The normalized spacial score (nSPS) is 14.5. The van der Waals surface area contributed by atoms with Crippen LogP contribution >= 0.6 is 0 Å². The van der Waals surface area contributed by atoms with Crippen molar-refractivity contribution in [3.8, 4) is 17.5 Å². The second-order valence-corrected chi connectivity index (χ2v) is 8.15. The van der Waals surface area contributed by atoms with Gasteiger partial charge in [0.15, 0.2) is 5.82 Å². The van der Waals surface area contributed by atoms with Crippen LogP contribution in [0.1, 0.15) is 38.8 Å². The smallest absolute Gasteiger partial charge is 0.489 e. The van der Waals surface area contributed by atoms with Gasteiger partial charge in [0, 0.05) is 45.0 Å². The maximum absolute atomic E-state index is 11.7. The third-order valence-corrected chi connectivity index (χ3v) is 5.06. The van der Waals surface area contributed by atoms with Crippen molar-refractivity contribution >= 4 is 17.7 Å². The molecule has 0 bridgehead atoms. The van der Waals surface area contributed by atoms with Crippen LogP contribution in [0.15, 0.2) is 18.5 Å². The topological polar surface area (TPSA) is 137 Å². The lowest BCUT2D eigenvalue weighted by Gasteiger charge is -2.30. The van der Waals surface area contributed by atoms with Crippen molar-refractivity contribution in [3.05, 3.63) is 24.2 Å². The Hall–Kier alpha value is -3.38. The summed E-state index contributed by atoms with van der Waals surface area (Å²) in [5.41, 5.74) is 1.43. The molecule has 2 aromatic rings. The average molecular weight is 492 g/mol. The van der Waals surface area contributed by atoms with Gasteiger partial charge in [-0.2, -0.15) is 4.98 Å². The van der Waals surface area contributed by atoms with Gasteiger partial charge in [-0.15, -0.1) is 5.06 Å². The number of piperidine rings is 1. The van der Waals surface area contributed by atoms with E-state index < -0.39 is 6.16 Å². The van der Waals surface area contributed by atoms with E-state index >= 15 is 0 Å². The van der Waals surface area contributed by atoms with E-state index in [-0.39, 0.29) is 18.8 Å². The highest BCUT2D eigenvalue weighted by atomic mass is 16.8. The molecule has 0 radical (unpaired) electrons. The molecule has 0 atom stereocenters. The van der Waals surface area contributed by atoms with E-state index in [4.69, 9.17) is 28.9 Å². The molecule has 1 fully saturated rings.